The molecule has 90 valence electrons. The van der Waals surface area contributed by atoms with Gasteiger partial charge in [0, 0.05) is 12.0 Å². The minimum absolute atomic E-state index is 0.0959. The Bertz CT molecular complexity index is 382. The van der Waals surface area contributed by atoms with Crippen LogP contribution in [0.2, 0.25) is 0 Å². The molecule has 1 aromatic rings. The third-order valence-corrected chi connectivity index (χ3v) is 2.99. The van der Waals surface area contributed by atoms with Crippen molar-refractivity contribution in [2.75, 3.05) is 6.54 Å². The molecule has 16 heavy (non-hydrogen) atoms. The lowest BCUT2D eigenvalue weighted by atomic mass is 9.93. The summed E-state index contributed by atoms with van der Waals surface area (Å²) in [5.41, 5.74) is 4.00. The highest BCUT2D eigenvalue weighted by atomic mass is 79.9. The number of benzene rings is 1. The van der Waals surface area contributed by atoms with Gasteiger partial charge in [0.1, 0.15) is 11.6 Å². The van der Waals surface area contributed by atoms with Crippen LogP contribution in [0.1, 0.15) is 18.9 Å². The van der Waals surface area contributed by atoms with Crippen molar-refractivity contribution in [1.82, 2.24) is 0 Å². The molecule has 1 unspecified atom stereocenters. The van der Waals surface area contributed by atoms with Crippen LogP contribution >= 0.6 is 15.9 Å². The first-order chi connectivity index (χ1) is 7.37. The van der Waals surface area contributed by atoms with Gasteiger partial charge in [-0.25, -0.2) is 8.78 Å². The van der Waals surface area contributed by atoms with Gasteiger partial charge in [0.25, 0.3) is 0 Å². The Kier molecular flexibility index (Phi) is 4.41. The molecule has 0 aliphatic carbocycles. The molecule has 1 aromatic carbocycles. The molecule has 1 atom stereocenters. The molecular weight excluding hydrogens is 280 g/mol. The SMILES string of the molecule is CC(O)(CCN)Cc1c(F)ccc(Br)c1F. The fraction of sp³-hybridized carbons (Fsp3) is 0.455. The molecular formula is C11H14BrF2NO. The van der Waals surface area contributed by atoms with E-state index in [4.69, 9.17) is 5.73 Å². The van der Waals surface area contributed by atoms with E-state index in [-0.39, 0.29) is 23.0 Å². The Labute approximate surface area is 102 Å². The normalized spacial score (nSPS) is 14.9. The fourth-order valence-electron chi connectivity index (χ4n) is 1.51. The lowest BCUT2D eigenvalue weighted by molar-refractivity contribution is 0.0520. The molecule has 1 rings (SSSR count). The van der Waals surface area contributed by atoms with Gasteiger partial charge in [0.15, 0.2) is 0 Å². The number of rotatable bonds is 4. The van der Waals surface area contributed by atoms with E-state index in [1.165, 1.54) is 19.1 Å². The highest BCUT2D eigenvalue weighted by Crippen LogP contribution is 2.26. The average Bonchev–Trinajstić information content (AvgIpc) is 2.19. The van der Waals surface area contributed by atoms with Gasteiger partial charge in [0.05, 0.1) is 10.1 Å². The first kappa shape index (κ1) is 13.5. The maximum Gasteiger partial charge on any atom is 0.143 e. The van der Waals surface area contributed by atoms with Crippen LogP contribution in [0.15, 0.2) is 16.6 Å². The van der Waals surface area contributed by atoms with Gasteiger partial charge >= 0.3 is 0 Å². The topological polar surface area (TPSA) is 46.2 Å². The second-order valence-corrected chi connectivity index (χ2v) is 4.89. The molecule has 2 nitrogen and oxygen atoms in total. The van der Waals surface area contributed by atoms with Crippen LogP contribution < -0.4 is 5.73 Å². The van der Waals surface area contributed by atoms with Crippen molar-refractivity contribution in [3.63, 3.8) is 0 Å². The standard InChI is InChI=1S/C11H14BrF2NO/c1-11(16,4-5-15)6-7-9(13)3-2-8(12)10(7)14/h2-3,16H,4-6,15H2,1H3. The van der Waals surface area contributed by atoms with Crippen molar-refractivity contribution >= 4 is 15.9 Å². The predicted molar refractivity (Wildman–Crippen MR) is 62.1 cm³/mol. The minimum Gasteiger partial charge on any atom is -0.390 e. The highest BCUT2D eigenvalue weighted by Gasteiger charge is 2.24. The van der Waals surface area contributed by atoms with Crippen molar-refractivity contribution in [3.05, 3.63) is 33.8 Å². The highest BCUT2D eigenvalue weighted by molar-refractivity contribution is 9.10. The largest absolute Gasteiger partial charge is 0.390 e. The summed E-state index contributed by atoms with van der Waals surface area (Å²) in [4.78, 5) is 0. The van der Waals surface area contributed by atoms with E-state index in [2.05, 4.69) is 15.9 Å². The third-order valence-electron chi connectivity index (χ3n) is 2.38. The Morgan fingerprint density at radius 1 is 1.44 bits per heavy atom. The predicted octanol–water partition coefficient (Wildman–Crippen LogP) is 2.37. The van der Waals surface area contributed by atoms with Gasteiger partial charge < -0.3 is 10.8 Å². The van der Waals surface area contributed by atoms with Crippen molar-refractivity contribution in [2.24, 2.45) is 5.73 Å². The third kappa shape index (κ3) is 3.23. The quantitative estimate of drug-likeness (QED) is 0.837. The first-order valence-electron chi connectivity index (χ1n) is 4.92. The summed E-state index contributed by atoms with van der Waals surface area (Å²) in [6, 6.07) is 2.47. The number of hydrogen-bond acceptors (Lipinski definition) is 2. The molecule has 0 amide bonds. The molecule has 0 saturated carbocycles. The molecule has 0 aliphatic rings. The number of halogens is 3. The summed E-state index contributed by atoms with van der Waals surface area (Å²) in [5.74, 6) is -1.32. The van der Waals surface area contributed by atoms with Gasteiger partial charge in [-0.2, -0.15) is 0 Å². The summed E-state index contributed by atoms with van der Waals surface area (Å²) in [6.07, 6.45) is 0.194. The van der Waals surface area contributed by atoms with E-state index in [0.717, 1.165) is 0 Å². The zero-order valence-electron chi connectivity index (χ0n) is 8.93. The molecule has 0 heterocycles. The summed E-state index contributed by atoms with van der Waals surface area (Å²) in [6.45, 7) is 1.78. The van der Waals surface area contributed by atoms with Crippen molar-refractivity contribution in [3.8, 4) is 0 Å². The van der Waals surface area contributed by atoms with Crippen LogP contribution in [0, 0.1) is 11.6 Å². The Morgan fingerprint density at radius 3 is 2.62 bits per heavy atom. The van der Waals surface area contributed by atoms with E-state index in [9.17, 15) is 13.9 Å². The molecule has 0 fully saturated rings. The van der Waals surface area contributed by atoms with Gasteiger partial charge in [0.2, 0.25) is 0 Å². The molecule has 0 aromatic heterocycles. The Balaban J connectivity index is 3.01. The van der Waals surface area contributed by atoms with E-state index in [1.807, 2.05) is 0 Å². The van der Waals surface area contributed by atoms with Crippen LogP contribution in [0.3, 0.4) is 0 Å². The molecule has 0 saturated heterocycles. The molecule has 3 N–H and O–H groups in total. The number of hydrogen-bond donors (Lipinski definition) is 2. The van der Waals surface area contributed by atoms with E-state index in [1.54, 1.807) is 0 Å². The van der Waals surface area contributed by atoms with Crippen LogP contribution in [-0.4, -0.2) is 17.3 Å². The summed E-state index contributed by atoms with van der Waals surface area (Å²) < 4.78 is 27.2. The van der Waals surface area contributed by atoms with Gasteiger partial charge in [-0.3, -0.25) is 0 Å². The zero-order chi connectivity index (χ0) is 12.3. The summed E-state index contributed by atoms with van der Waals surface area (Å²) in [7, 11) is 0. The minimum atomic E-state index is -1.20. The fourth-order valence-corrected chi connectivity index (χ4v) is 1.88. The maximum absolute atomic E-state index is 13.6. The van der Waals surface area contributed by atoms with Crippen LogP contribution in [0.4, 0.5) is 8.78 Å². The lowest BCUT2D eigenvalue weighted by Gasteiger charge is -2.23. The van der Waals surface area contributed by atoms with E-state index >= 15 is 0 Å². The van der Waals surface area contributed by atoms with Crippen LogP contribution in [-0.2, 0) is 6.42 Å². The van der Waals surface area contributed by atoms with Crippen LogP contribution in [0.5, 0.6) is 0 Å². The monoisotopic (exact) mass is 293 g/mol. The van der Waals surface area contributed by atoms with Crippen LogP contribution in [0.25, 0.3) is 0 Å². The van der Waals surface area contributed by atoms with Gasteiger partial charge in [-0.1, -0.05) is 0 Å². The van der Waals surface area contributed by atoms with Crippen molar-refractivity contribution < 1.29 is 13.9 Å². The second-order valence-electron chi connectivity index (χ2n) is 4.03. The molecule has 5 heteroatoms. The summed E-state index contributed by atoms with van der Waals surface area (Å²) in [5, 5.41) is 9.88. The zero-order valence-corrected chi connectivity index (χ0v) is 10.5. The average molecular weight is 294 g/mol. The van der Waals surface area contributed by atoms with Crippen molar-refractivity contribution in [2.45, 2.75) is 25.4 Å². The van der Waals surface area contributed by atoms with Gasteiger partial charge in [-0.15, -0.1) is 0 Å². The Hall–Kier alpha value is -0.520. The van der Waals surface area contributed by atoms with E-state index < -0.39 is 17.2 Å². The maximum atomic E-state index is 13.6. The first-order valence-corrected chi connectivity index (χ1v) is 5.71. The Morgan fingerprint density at radius 2 is 2.06 bits per heavy atom. The molecule has 0 spiro atoms. The lowest BCUT2D eigenvalue weighted by Crippen LogP contribution is -2.31. The molecule has 0 radical (unpaired) electrons. The van der Waals surface area contributed by atoms with E-state index in [0.29, 0.717) is 6.42 Å². The second kappa shape index (κ2) is 5.21. The number of nitrogens with two attached hydrogens (primary N) is 1. The molecule has 0 aliphatic heterocycles. The summed E-state index contributed by atoms with van der Waals surface area (Å²) >= 11 is 2.98. The van der Waals surface area contributed by atoms with Gasteiger partial charge in [-0.05, 0) is 48.0 Å². The van der Waals surface area contributed by atoms with Crippen molar-refractivity contribution in [1.29, 1.82) is 0 Å². The molecule has 0 bridgehead atoms. The number of aliphatic hydroxyl groups is 1. The smallest absolute Gasteiger partial charge is 0.143 e.